The van der Waals surface area contributed by atoms with E-state index in [1.807, 2.05) is 0 Å². The number of carbonyl (C=O) groups is 4. The molecule has 0 aliphatic heterocycles. The molecule has 198 valence electrons. The van der Waals surface area contributed by atoms with Crippen molar-refractivity contribution in [2.24, 2.45) is 0 Å². The van der Waals surface area contributed by atoms with Crippen LogP contribution in [-0.2, 0) is 11.3 Å². The molecule has 3 amide bonds. The second-order valence-electron chi connectivity index (χ2n) is 8.01. The van der Waals surface area contributed by atoms with Crippen LogP contribution in [-0.4, -0.2) is 58.7 Å². The number of phenols is 2. The maximum atomic E-state index is 12.7. The molecule has 1 atom stereocenters. The molecule has 11 nitrogen and oxygen atoms in total. The van der Waals surface area contributed by atoms with Gasteiger partial charge in [0.2, 0.25) is 0 Å². The van der Waals surface area contributed by atoms with Crippen molar-refractivity contribution in [1.82, 2.24) is 16.0 Å². The first kappa shape index (κ1) is 27.8. The molecule has 0 fully saturated rings. The lowest BCUT2D eigenvalue weighted by Gasteiger charge is -2.16. The van der Waals surface area contributed by atoms with Gasteiger partial charge >= 0.3 is 5.97 Å². The number of hydrogen-bond donors (Lipinski definition) is 6. The van der Waals surface area contributed by atoms with Crippen LogP contribution in [0, 0.1) is 0 Å². The first-order valence-electron chi connectivity index (χ1n) is 11.1. The minimum Gasteiger partial charge on any atom is -0.508 e. The van der Waals surface area contributed by atoms with E-state index in [2.05, 4.69) is 16.0 Å². The summed E-state index contributed by atoms with van der Waals surface area (Å²) in [7, 11) is 1.35. The highest BCUT2D eigenvalue weighted by atomic mass is 35.5. The smallest absolute Gasteiger partial charge is 0.328 e. The number of halogens is 1. The molecular weight excluding hydrogens is 518 g/mol. The Kier molecular flexibility index (Phi) is 9.12. The van der Waals surface area contributed by atoms with Crippen molar-refractivity contribution in [3.05, 3.63) is 87.9 Å². The van der Waals surface area contributed by atoms with Crippen molar-refractivity contribution in [1.29, 1.82) is 0 Å². The lowest BCUT2D eigenvalue weighted by molar-refractivity contribution is -0.139. The molecule has 3 aromatic rings. The van der Waals surface area contributed by atoms with Crippen LogP contribution in [0.25, 0.3) is 0 Å². The lowest BCUT2D eigenvalue weighted by atomic mass is 10.1. The Morgan fingerprint density at radius 2 is 1.58 bits per heavy atom. The fourth-order valence-electron chi connectivity index (χ4n) is 3.36. The van der Waals surface area contributed by atoms with Gasteiger partial charge in [-0.3, -0.25) is 14.4 Å². The number of carboxylic acid groups (broad SMARTS) is 1. The third kappa shape index (κ3) is 7.14. The van der Waals surface area contributed by atoms with Crippen LogP contribution in [0.15, 0.2) is 60.7 Å². The molecule has 6 N–H and O–H groups in total. The molecule has 3 rings (SSSR count). The summed E-state index contributed by atoms with van der Waals surface area (Å²) >= 11 is 6.19. The molecule has 0 unspecified atom stereocenters. The standard InChI is InChI=1S/C26H24ClN3O8/c1-38-22-8-6-16(11-21(22)32)24(34)29-13-20(26(36)37)30-25(35)18-7-5-15(10-19(18)27)23(33)28-12-14-3-2-4-17(31)9-14/h2-11,20,31-32H,12-13H2,1H3,(H,28,33)(H,29,34)(H,30,35)(H,36,37)/t20-/m0/s1. The Morgan fingerprint density at radius 1 is 0.895 bits per heavy atom. The average Bonchev–Trinajstić information content (AvgIpc) is 2.89. The number of hydrogen-bond acceptors (Lipinski definition) is 7. The molecule has 0 aliphatic carbocycles. The highest BCUT2D eigenvalue weighted by molar-refractivity contribution is 6.34. The average molecular weight is 542 g/mol. The van der Waals surface area contributed by atoms with E-state index in [1.165, 1.54) is 49.6 Å². The molecule has 0 radical (unpaired) electrons. The summed E-state index contributed by atoms with van der Waals surface area (Å²) in [4.78, 5) is 49.2. The van der Waals surface area contributed by atoms with Gasteiger partial charge in [-0.1, -0.05) is 23.7 Å². The quantitative estimate of drug-likeness (QED) is 0.227. The zero-order valence-electron chi connectivity index (χ0n) is 20.0. The number of aromatic hydroxyl groups is 2. The van der Waals surface area contributed by atoms with Crippen LogP contribution >= 0.6 is 11.6 Å². The number of methoxy groups -OCH3 is 1. The van der Waals surface area contributed by atoms with E-state index in [0.29, 0.717) is 5.56 Å². The fraction of sp³-hybridized carbons (Fsp3) is 0.154. The summed E-state index contributed by atoms with van der Waals surface area (Å²) in [6.07, 6.45) is 0. The molecule has 0 bridgehead atoms. The number of amides is 3. The van der Waals surface area contributed by atoms with E-state index in [4.69, 9.17) is 16.3 Å². The number of rotatable bonds is 10. The molecule has 0 heterocycles. The molecule has 0 saturated heterocycles. The Hall–Kier alpha value is -4.77. The van der Waals surface area contributed by atoms with Gasteiger partial charge in [-0.15, -0.1) is 0 Å². The van der Waals surface area contributed by atoms with E-state index in [9.17, 15) is 34.5 Å². The molecular formula is C26H24ClN3O8. The fourth-order valence-corrected chi connectivity index (χ4v) is 3.62. The van der Waals surface area contributed by atoms with E-state index < -0.39 is 36.3 Å². The lowest BCUT2D eigenvalue weighted by Crippen LogP contribution is -2.48. The van der Waals surface area contributed by atoms with Crippen molar-refractivity contribution in [2.45, 2.75) is 12.6 Å². The van der Waals surface area contributed by atoms with Crippen LogP contribution in [0.4, 0.5) is 0 Å². The molecule has 0 spiro atoms. The minimum atomic E-state index is -1.50. The molecule has 0 aliphatic rings. The Balaban J connectivity index is 1.61. The van der Waals surface area contributed by atoms with Gasteiger partial charge in [-0.25, -0.2) is 4.79 Å². The molecule has 38 heavy (non-hydrogen) atoms. The maximum Gasteiger partial charge on any atom is 0.328 e. The predicted octanol–water partition coefficient (Wildman–Crippen LogP) is 2.30. The van der Waals surface area contributed by atoms with Gasteiger partial charge in [0.05, 0.1) is 17.7 Å². The number of benzene rings is 3. The van der Waals surface area contributed by atoms with Crippen molar-refractivity contribution >= 4 is 35.3 Å². The largest absolute Gasteiger partial charge is 0.508 e. The van der Waals surface area contributed by atoms with Gasteiger partial charge in [0.1, 0.15) is 11.8 Å². The number of carbonyl (C=O) groups excluding carboxylic acids is 3. The first-order chi connectivity index (χ1) is 18.1. The van der Waals surface area contributed by atoms with E-state index in [0.717, 1.165) is 6.07 Å². The van der Waals surface area contributed by atoms with Crippen LogP contribution < -0.4 is 20.7 Å². The summed E-state index contributed by atoms with van der Waals surface area (Å²) in [5, 5.41) is 36.1. The Bertz CT molecular complexity index is 1380. The van der Waals surface area contributed by atoms with Gasteiger partial charge in [0, 0.05) is 24.2 Å². The van der Waals surface area contributed by atoms with E-state index in [1.54, 1.807) is 12.1 Å². The number of aliphatic carboxylic acids is 1. The summed E-state index contributed by atoms with van der Waals surface area (Å²) in [5.74, 6) is -3.43. The topological polar surface area (TPSA) is 174 Å². The van der Waals surface area contributed by atoms with Gasteiger partial charge in [0.15, 0.2) is 11.5 Å². The minimum absolute atomic E-state index is 0.0553. The summed E-state index contributed by atoms with van der Waals surface area (Å²) in [5.41, 5.74) is 0.820. The Morgan fingerprint density at radius 3 is 2.21 bits per heavy atom. The number of nitrogens with one attached hydrogen (secondary N) is 3. The second-order valence-corrected chi connectivity index (χ2v) is 8.42. The zero-order chi connectivity index (χ0) is 27.8. The van der Waals surface area contributed by atoms with Crippen LogP contribution in [0.2, 0.25) is 5.02 Å². The molecule has 0 aromatic heterocycles. The summed E-state index contributed by atoms with van der Waals surface area (Å²) in [6.45, 7) is -0.310. The summed E-state index contributed by atoms with van der Waals surface area (Å²) < 4.78 is 4.91. The SMILES string of the molecule is COc1ccc(C(=O)NC[C@H](NC(=O)c2ccc(C(=O)NCc3cccc(O)c3)cc2Cl)C(=O)O)cc1O. The van der Waals surface area contributed by atoms with Crippen molar-refractivity contribution in [3.8, 4) is 17.2 Å². The van der Waals surface area contributed by atoms with Crippen molar-refractivity contribution < 1.29 is 39.2 Å². The second kappa shape index (κ2) is 12.5. The van der Waals surface area contributed by atoms with E-state index >= 15 is 0 Å². The van der Waals surface area contributed by atoms with Gasteiger partial charge in [-0.2, -0.15) is 0 Å². The third-order valence-electron chi connectivity index (χ3n) is 5.35. The molecule has 12 heteroatoms. The highest BCUT2D eigenvalue weighted by Crippen LogP contribution is 2.26. The summed E-state index contributed by atoms with van der Waals surface area (Å²) in [6, 6.07) is 12.7. The monoisotopic (exact) mass is 541 g/mol. The van der Waals surface area contributed by atoms with Crippen molar-refractivity contribution in [3.63, 3.8) is 0 Å². The predicted molar refractivity (Wildman–Crippen MR) is 137 cm³/mol. The van der Waals surface area contributed by atoms with Crippen molar-refractivity contribution in [2.75, 3.05) is 13.7 Å². The number of ether oxygens (including phenoxy) is 1. The van der Waals surface area contributed by atoms with E-state index in [-0.39, 0.29) is 45.5 Å². The Labute approximate surface area is 222 Å². The van der Waals surface area contributed by atoms with Crippen LogP contribution in [0.1, 0.15) is 36.6 Å². The number of phenolic OH excluding ortho intramolecular Hbond substituents is 2. The number of carboxylic acids is 1. The third-order valence-corrected chi connectivity index (χ3v) is 5.66. The molecule has 3 aromatic carbocycles. The normalized spacial score (nSPS) is 11.2. The van der Waals surface area contributed by atoms with Gasteiger partial charge in [-0.05, 0) is 54.1 Å². The van der Waals surface area contributed by atoms with Crippen LogP contribution in [0.3, 0.4) is 0 Å². The highest BCUT2D eigenvalue weighted by Gasteiger charge is 2.23. The molecule has 0 saturated carbocycles. The first-order valence-corrected chi connectivity index (χ1v) is 11.5. The van der Waals surface area contributed by atoms with Gasteiger partial charge < -0.3 is 36.0 Å². The zero-order valence-corrected chi connectivity index (χ0v) is 20.8. The maximum absolute atomic E-state index is 12.7. The van der Waals surface area contributed by atoms with Gasteiger partial charge in [0.25, 0.3) is 17.7 Å². The van der Waals surface area contributed by atoms with Crippen LogP contribution in [0.5, 0.6) is 17.2 Å².